The van der Waals surface area contributed by atoms with Crippen LogP contribution in [0.5, 0.6) is 0 Å². The summed E-state index contributed by atoms with van der Waals surface area (Å²) in [5, 5.41) is 9.26. The monoisotopic (exact) mass is 348 g/mol. The first kappa shape index (κ1) is 15.2. The maximum Gasteiger partial charge on any atom is 0.0780 e. The minimum atomic E-state index is 0. The predicted molar refractivity (Wildman–Crippen MR) is 65.6 cm³/mol. The zero-order chi connectivity index (χ0) is 11.8. The summed E-state index contributed by atoms with van der Waals surface area (Å²) >= 11 is 0. The lowest BCUT2D eigenvalue weighted by Crippen LogP contribution is -3.00. The molecule has 0 spiro atoms. The maximum atomic E-state index is 9.26. The van der Waals surface area contributed by atoms with Gasteiger partial charge < -0.3 is 28.5 Å². The van der Waals surface area contributed by atoms with Crippen molar-refractivity contribution in [3.8, 4) is 6.07 Å². The van der Waals surface area contributed by atoms with E-state index in [-0.39, 0.29) is 24.0 Å². The molecule has 17 heavy (non-hydrogen) atoms. The summed E-state index contributed by atoms with van der Waals surface area (Å²) < 4.78 is 1.05. The Morgan fingerprint density at radius 2 is 1.82 bits per heavy atom. The zero-order valence-electron chi connectivity index (χ0n) is 11.3. The molecule has 0 saturated heterocycles. The average Bonchev–Trinajstić information content (AvgIpc) is 2.75. The summed E-state index contributed by atoms with van der Waals surface area (Å²) in [4.78, 5) is 0. The summed E-state index contributed by atoms with van der Waals surface area (Å²) in [6.45, 7) is 1.24. The Morgan fingerprint density at radius 1 is 1.18 bits per heavy atom. The highest BCUT2D eigenvalue weighted by atomic mass is 127. The fourth-order valence-electron chi connectivity index (χ4n) is 3.83. The van der Waals surface area contributed by atoms with Crippen LogP contribution in [0, 0.1) is 35.0 Å². The standard InChI is InChI=1S/C14H25N2.HI/c1-16(2,3)8-4-5-13-11-6-7-12(9-11)14(13)10-15;/h11-14H,4-9H2,1-3H3;1H/q+1;/p-1. The molecule has 0 amide bonds. The number of nitriles is 1. The third-order valence-corrected chi connectivity index (χ3v) is 4.60. The van der Waals surface area contributed by atoms with Crippen molar-refractivity contribution in [2.24, 2.45) is 23.7 Å². The largest absolute Gasteiger partial charge is 1.00 e. The fourth-order valence-corrected chi connectivity index (χ4v) is 3.83. The lowest BCUT2D eigenvalue weighted by molar-refractivity contribution is -0.870. The highest BCUT2D eigenvalue weighted by molar-refractivity contribution is 5.04. The molecule has 4 unspecified atom stereocenters. The summed E-state index contributed by atoms with van der Waals surface area (Å²) in [5.41, 5.74) is 0. The normalized spacial score (nSPS) is 35.4. The molecular formula is C14H25IN2. The predicted octanol–water partition coefficient (Wildman–Crippen LogP) is -0.337. The van der Waals surface area contributed by atoms with Crippen LogP contribution < -0.4 is 24.0 Å². The van der Waals surface area contributed by atoms with Crippen molar-refractivity contribution in [1.29, 1.82) is 5.26 Å². The Kier molecular flexibility index (Phi) is 5.27. The van der Waals surface area contributed by atoms with E-state index in [1.165, 1.54) is 38.6 Å². The Hall–Kier alpha value is 0.180. The highest BCUT2D eigenvalue weighted by Gasteiger charge is 2.47. The van der Waals surface area contributed by atoms with E-state index in [1.807, 2.05) is 0 Å². The van der Waals surface area contributed by atoms with Crippen molar-refractivity contribution in [2.45, 2.75) is 32.1 Å². The molecule has 2 aliphatic carbocycles. The highest BCUT2D eigenvalue weighted by Crippen LogP contribution is 2.53. The van der Waals surface area contributed by atoms with Gasteiger partial charge in [-0.05, 0) is 49.9 Å². The van der Waals surface area contributed by atoms with Gasteiger partial charge in [-0.2, -0.15) is 5.26 Å². The average molecular weight is 348 g/mol. The molecule has 0 aromatic rings. The maximum absolute atomic E-state index is 9.26. The summed E-state index contributed by atoms with van der Waals surface area (Å²) in [7, 11) is 6.76. The molecule has 3 heteroatoms. The lowest BCUT2D eigenvalue weighted by atomic mass is 9.78. The van der Waals surface area contributed by atoms with Crippen molar-refractivity contribution in [3.05, 3.63) is 0 Å². The van der Waals surface area contributed by atoms with E-state index in [2.05, 4.69) is 27.2 Å². The van der Waals surface area contributed by atoms with Crippen molar-refractivity contribution >= 4 is 0 Å². The first-order valence-corrected chi connectivity index (χ1v) is 6.71. The van der Waals surface area contributed by atoms with Crippen LogP contribution in [0.15, 0.2) is 0 Å². The molecule has 0 aromatic carbocycles. The molecule has 0 aliphatic heterocycles. The Morgan fingerprint density at radius 3 is 2.41 bits per heavy atom. The summed E-state index contributed by atoms with van der Waals surface area (Å²) in [6, 6.07) is 2.59. The molecule has 2 bridgehead atoms. The van der Waals surface area contributed by atoms with E-state index in [0.717, 1.165) is 22.2 Å². The molecule has 0 N–H and O–H groups in total. The third kappa shape index (κ3) is 3.57. The molecule has 0 heterocycles. The van der Waals surface area contributed by atoms with Gasteiger partial charge in [-0.1, -0.05) is 0 Å². The minimum Gasteiger partial charge on any atom is -1.00 e. The van der Waals surface area contributed by atoms with Gasteiger partial charge in [0.15, 0.2) is 0 Å². The second-order valence-corrected chi connectivity index (χ2v) is 6.81. The molecule has 0 radical (unpaired) electrons. The van der Waals surface area contributed by atoms with Gasteiger partial charge in [0.2, 0.25) is 0 Å². The quantitative estimate of drug-likeness (QED) is 0.504. The molecule has 2 aliphatic rings. The van der Waals surface area contributed by atoms with Crippen LogP contribution in [-0.2, 0) is 0 Å². The van der Waals surface area contributed by atoms with E-state index < -0.39 is 0 Å². The van der Waals surface area contributed by atoms with Gasteiger partial charge in [-0.25, -0.2) is 0 Å². The smallest absolute Gasteiger partial charge is 0.0780 e. The van der Waals surface area contributed by atoms with Gasteiger partial charge in [-0.15, -0.1) is 0 Å². The molecule has 2 rings (SSSR count). The van der Waals surface area contributed by atoms with Gasteiger partial charge in [0.1, 0.15) is 0 Å². The number of hydrogen-bond acceptors (Lipinski definition) is 1. The van der Waals surface area contributed by atoms with E-state index in [0.29, 0.717) is 5.92 Å². The van der Waals surface area contributed by atoms with Crippen molar-refractivity contribution < 1.29 is 28.5 Å². The number of quaternary nitrogens is 1. The SMILES string of the molecule is C[N+](C)(C)CCCC1C2CCC(C2)C1C#N.[I-]. The molecule has 2 fully saturated rings. The minimum absolute atomic E-state index is 0. The molecule has 2 saturated carbocycles. The van der Waals surface area contributed by atoms with Crippen LogP contribution in [0.3, 0.4) is 0 Å². The first-order chi connectivity index (χ1) is 7.51. The topological polar surface area (TPSA) is 23.8 Å². The van der Waals surface area contributed by atoms with Crippen LogP contribution in [0.2, 0.25) is 0 Å². The molecule has 98 valence electrons. The molecular weight excluding hydrogens is 323 g/mol. The summed E-state index contributed by atoms with van der Waals surface area (Å²) in [5.74, 6) is 2.77. The second-order valence-electron chi connectivity index (χ2n) is 6.81. The van der Waals surface area contributed by atoms with E-state index in [4.69, 9.17) is 0 Å². The van der Waals surface area contributed by atoms with E-state index in [9.17, 15) is 5.26 Å². The van der Waals surface area contributed by atoms with Crippen LogP contribution in [0.4, 0.5) is 0 Å². The van der Waals surface area contributed by atoms with Gasteiger partial charge in [0.25, 0.3) is 0 Å². The molecule has 0 aromatic heterocycles. The van der Waals surface area contributed by atoms with E-state index >= 15 is 0 Å². The van der Waals surface area contributed by atoms with Crippen LogP contribution in [-0.4, -0.2) is 32.2 Å². The molecule has 4 atom stereocenters. The lowest BCUT2D eigenvalue weighted by Gasteiger charge is -2.28. The van der Waals surface area contributed by atoms with Gasteiger partial charge in [0.05, 0.1) is 39.7 Å². The Balaban J connectivity index is 0.00000144. The van der Waals surface area contributed by atoms with Crippen LogP contribution in [0.25, 0.3) is 0 Å². The van der Waals surface area contributed by atoms with Gasteiger partial charge in [0, 0.05) is 0 Å². The van der Waals surface area contributed by atoms with Crippen molar-refractivity contribution in [2.75, 3.05) is 27.7 Å². The number of halogens is 1. The zero-order valence-corrected chi connectivity index (χ0v) is 13.5. The Labute approximate surface area is 123 Å². The summed E-state index contributed by atoms with van der Waals surface area (Å²) in [6.07, 6.45) is 6.66. The van der Waals surface area contributed by atoms with Crippen LogP contribution >= 0.6 is 0 Å². The van der Waals surface area contributed by atoms with Gasteiger partial charge in [-0.3, -0.25) is 0 Å². The number of rotatable bonds is 4. The Bertz CT molecular complexity index is 290. The van der Waals surface area contributed by atoms with Crippen molar-refractivity contribution in [3.63, 3.8) is 0 Å². The molecule has 2 nitrogen and oxygen atoms in total. The van der Waals surface area contributed by atoms with E-state index in [1.54, 1.807) is 0 Å². The van der Waals surface area contributed by atoms with Gasteiger partial charge >= 0.3 is 0 Å². The first-order valence-electron chi connectivity index (χ1n) is 6.71. The van der Waals surface area contributed by atoms with Crippen molar-refractivity contribution in [1.82, 2.24) is 0 Å². The van der Waals surface area contributed by atoms with Crippen LogP contribution in [0.1, 0.15) is 32.1 Å². The number of fused-ring (bicyclic) bond motifs is 2. The fraction of sp³-hybridized carbons (Fsp3) is 0.929. The third-order valence-electron chi connectivity index (χ3n) is 4.60. The number of nitrogens with zero attached hydrogens (tertiary/aromatic N) is 2. The number of hydrogen-bond donors (Lipinski definition) is 0. The second kappa shape index (κ2) is 5.88.